The molecule has 0 aromatic rings. The van der Waals surface area contributed by atoms with E-state index in [2.05, 4.69) is 26.6 Å². The van der Waals surface area contributed by atoms with E-state index in [1.165, 1.54) is 19.3 Å². The predicted molar refractivity (Wildman–Crippen MR) is 95.3 cm³/mol. The predicted octanol–water partition coefficient (Wildman–Crippen LogP) is 3.77. The van der Waals surface area contributed by atoms with Gasteiger partial charge in [-0.3, -0.25) is 4.79 Å². The summed E-state index contributed by atoms with van der Waals surface area (Å²) in [7, 11) is -1.43. The summed E-state index contributed by atoms with van der Waals surface area (Å²) in [5.74, 6) is -0.121. The highest BCUT2D eigenvalue weighted by molar-refractivity contribution is 6.69. The van der Waals surface area contributed by atoms with Gasteiger partial charge in [0.2, 0.25) is 0 Å². The van der Waals surface area contributed by atoms with Crippen molar-refractivity contribution in [2.75, 3.05) is 39.6 Å². The second-order valence-electron chi connectivity index (χ2n) is 6.57. The fraction of sp³-hybridized carbons (Fsp3) is 0.941. The maximum atomic E-state index is 11.5. The van der Waals surface area contributed by atoms with Gasteiger partial charge >= 0.3 is 5.97 Å². The molecule has 0 radical (unpaired) electrons. The molecule has 0 saturated heterocycles. The number of hydrogen-bond donors (Lipinski definition) is 0. The van der Waals surface area contributed by atoms with Gasteiger partial charge in [0.05, 0.1) is 33.0 Å². The average molecular weight is 349 g/mol. The van der Waals surface area contributed by atoms with Crippen LogP contribution in [0.4, 0.5) is 0 Å². The van der Waals surface area contributed by atoms with Gasteiger partial charge in [-0.25, -0.2) is 0 Å². The second kappa shape index (κ2) is 15.1. The lowest BCUT2D eigenvalue weighted by Crippen LogP contribution is -2.27. The highest BCUT2D eigenvalue weighted by Crippen LogP contribution is 2.05. The molecule has 0 heterocycles. The van der Waals surface area contributed by atoms with Gasteiger partial charge < -0.3 is 18.6 Å². The van der Waals surface area contributed by atoms with Crippen LogP contribution in [0.5, 0.6) is 0 Å². The molecule has 0 fully saturated rings. The Bertz CT molecular complexity index is 279. The van der Waals surface area contributed by atoms with Gasteiger partial charge in [-0.1, -0.05) is 32.6 Å². The van der Waals surface area contributed by atoms with Crippen molar-refractivity contribution in [1.82, 2.24) is 0 Å². The smallest absolute Gasteiger partial charge is 0.305 e. The summed E-state index contributed by atoms with van der Waals surface area (Å²) in [6, 6.07) is 0. The maximum Gasteiger partial charge on any atom is 0.305 e. The van der Waals surface area contributed by atoms with Gasteiger partial charge in [-0.2, -0.15) is 0 Å². The van der Waals surface area contributed by atoms with Crippen LogP contribution in [0, 0.1) is 0 Å². The monoisotopic (exact) mass is 348 g/mol. The van der Waals surface area contributed by atoms with E-state index in [9.17, 15) is 4.79 Å². The van der Waals surface area contributed by atoms with Gasteiger partial charge in [-0.05, 0) is 26.1 Å². The topological polar surface area (TPSA) is 54.0 Å². The minimum absolute atomic E-state index is 0.121. The summed E-state index contributed by atoms with van der Waals surface area (Å²) in [6.45, 7) is 11.7. The van der Waals surface area contributed by atoms with Crippen molar-refractivity contribution in [3.63, 3.8) is 0 Å². The van der Waals surface area contributed by atoms with E-state index in [0.717, 1.165) is 12.8 Å². The van der Waals surface area contributed by atoms with Crippen LogP contribution in [-0.4, -0.2) is 53.9 Å². The van der Waals surface area contributed by atoms with Crippen LogP contribution in [0.1, 0.15) is 45.4 Å². The van der Waals surface area contributed by atoms with E-state index in [-0.39, 0.29) is 5.97 Å². The Balaban J connectivity index is 3.19. The van der Waals surface area contributed by atoms with Crippen molar-refractivity contribution in [3.05, 3.63) is 0 Å². The van der Waals surface area contributed by atoms with Crippen LogP contribution in [0.15, 0.2) is 0 Å². The minimum atomic E-state index is -1.43. The Morgan fingerprint density at radius 1 is 0.783 bits per heavy atom. The van der Waals surface area contributed by atoms with Crippen molar-refractivity contribution >= 4 is 14.3 Å². The van der Waals surface area contributed by atoms with Crippen LogP contribution in [0.25, 0.3) is 0 Å². The standard InChI is InChI=1S/C17H36O5Si/c1-5-6-7-8-9-10-17(18)21-15-13-19-11-12-20-14-16-22-23(2,3)4/h5-16H2,1-4H3. The van der Waals surface area contributed by atoms with E-state index in [1.807, 2.05) is 0 Å². The van der Waals surface area contributed by atoms with Gasteiger partial charge in [0.25, 0.3) is 0 Å². The first-order valence-electron chi connectivity index (χ1n) is 8.91. The third-order valence-corrected chi connectivity index (χ3v) is 4.18. The molecule has 5 nitrogen and oxygen atoms in total. The minimum Gasteiger partial charge on any atom is -0.463 e. The first-order chi connectivity index (χ1) is 11.0. The molecule has 138 valence electrons. The van der Waals surface area contributed by atoms with Crippen LogP contribution in [0.2, 0.25) is 19.6 Å². The Labute approximate surface area is 143 Å². The number of carbonyl (C=O) groups is 1. The second-order valence-corrected chi connectivity index (χ2v) is 11.1. The Morgan fingerprint density at radius 3 is 1.96 bits per heavy atom. The van der Waals surface area contributed by atoms with Crippen molar-refractivity contribution in [1.29, 1.82) is 0 Å². The van der Waals surface area contributed by atoms with Crippen LogP contribution >= 0.6 is 0 Å². The first kappa shape index (κ1) is 22.6. The van der Waals surface area contributed by atoms with Crippen molar-refractivity contribution in [3.8, 4) is 0 Å². The fourth-order valence-electron chi connectivity index (χ4n) is 1.89. The number of hydrogen-bond acceptors (Lipinski definition) is 5. The molecule has 0 amide bonds. The van der Waals surface area contributed by atoms with E-state index < -0.39 is 8.32 Å². The SMILES string of the molecule is CCCCCCCC(=O)OCCOCCOCCO[Si](C)(C)C. The first-order valence-corrected chi connectivity index (χ1v) is 12.3. The average Bonchev–Trinajstić information content (AvgIpc) is 2.48. The molecule has 0 aliphatic carbocycles. The van der Waals surface area contributed by atoms with Crippen LogP contribution < -0.4 is 0 Å². The summed E-state index contributed by atoms with van der Waals surface area (Å²) in [5, 5.41) is 0. The molecule has 0 aliphatic heterocycles. The maximum absolute atomic E-state index is 11.5. The van der Waals surface area contributed by atoms with E-state index in [4.69, 9.17) is 18.6 Å². The van der Waals surface area contributed by atoms with E-state index in [1.54, 1.807) is 0 Å². The third kappa shape index (κ3) is 19.5. The number of esters is 1. The number of ether oxygens (including phenoxy) is 3. The van der Waals surface area contributed by atoms with E-state index >= 15 is 0 Å². The zero-order chi connectivity index (χ0) is 17.4. The molecule has 0 aliphatic rings. The molecule has 0 N–H and O–H groups in total. The lowest BCUT2D eigenvalue weighted by molar-refractivity contribution is -0.145. The van der Waals surface area contributed by atoms with Crippen LogP contribution in [0.3, 0.4) is 0 Å². The molecule has 0 spiro atoms. The molecule has 0 atom stereocenters. The zero-order valence-corrected chi connectivity index (χ0v) is 16.5. The van der Waals surface area contributed by atoms with Crippen molar-refractivity contribution in [2.45, 2.75) is 65.1 Å². The summed E-state index contributed by atoms with van der Waals surface area (Å²) in [6.07, 6.45) is 6.22. The van der Waals surface area contributed by atoms with Gasteiger partial charge in [0.15, 0.2) is 8.32 Å². The number of carbonyl (C=O) groups excluding carboxylic acids is 1. The quantitative estimate of drug-likeness (QED) is 0.241. The lowest BCUT2D eigenvalue weighted by atomic mass is 10.1. The molecule has 0 bridgehead atoms. The summed E-state index contributed by atoms with van der Waals surface area (Å²) in [5.41, 5.74) is 0. The molecule has 0 unspecified atom stereocenters. The van der Waals surface area contributed by atoms with Crippen molar-refractivity contribution in [2.24, 2.45) is 0 Å². The Morgan fingerprint density at radius 2 is 1.35 bits per heavy atom. The third-order valence-electron chi connectivity index (χ3n) is 3.11. The number of unbranched alkanes of at least 4 members (excludes halogenated alkanes) is 4. The lowest BCUT2D eigenvalue weighted by Gasteiger charge is -2.16. The summed E-state index contributed by atoms with van der Waals surface area (Å²) < 4.78 is 21.5. The molecule has 23 heavy (non-hydrogen) atoms. The Kier molecular flexibility index (Phi) is 14.8. The van der Waals surface area contributed by atoms with Crippen molar-refractivity contribution < 1.29 is 23.4 Å². The summed E-state index contributed by atoms with van der Waals surface area (Å²) in [4.78, 5) is 11.5. The molecule has 0 saturated carbocycles. The molecular formula is C17H36O5Si. The molecular weight excluding hydrogens is 312 g/mol. The Hall–Kier alpha value is -0.433. The number of rotatable bonds is 16. The van der Waals surface area contributed by atoms with Gasteiger partial charge in [0, 0.05) is 6.42 Å². The molecule has 6 heteroatoms. The van der Waals surface area contributed by atoms with E-state index in [0.29, 0.717) is 46.1 Å². The molecule has 0 aromatic heterocycles. The zero-order valence-electron chi connectivity index (χ0n) is 15.5. The highest BCUT2D eigenvalue weighted by atomic mass is 28.4. The fourth-order valence-corrected chi connectivity index (χ4v) is 2.58. The van der Waals surface area contributed by atoms with Gasteiger partial charge in [-0.15, -0.1) is 0 Å². The largest absolute Gasteiger partial charge is 0.463 e. The molecule has 0 rings (SSSR count). The van der Waals surface area contributed by atoms with Gasteiger partial charge in [0.1, 0.15) is 6.61 Å². The highest BCUT2D eigenvalue weighted by Gasteiger charge is 2.12. The normalized spacial score (nSPS) is 11.7. The van der Waals surface area contributed by atoms with Crippen LogP contribution in [-0.2, 0) is 23.4 Å². The molecule has 0 aromatic carbocycles. The summed E-state index contributed by atoms with van der Waals surface area (Å²) >= 11 is 0.